The lowest BCUT2D eigenvalue weighted by Crippen LogP contribution is -2.14. The smallest absolute Gasteiger partial charge is 0.167 e. The van der Waals surface area contributed by atoms with Gasteiger partial charge in [-0.25, -0.2) is 0 Å². The summed E-state index contributed by atoms with van der Waals surface area (Å²) in [7, 11) is 1.63. The van der Waals surface area contributed by atoms with Gasteiger partial charge in [-0.1, -0.05) is 25.7 Å². The molecule has 2 nitrogen and oxygen atoms in total. The van der Waals surface area contributed by atoms with Crippen LogP contribution in [-0.4, -0.2) is 12.9 Å². The number of Topliss-reactive ketones (excluding diaryl/α,β-unsaturated/α-hetero) is 1. The molecular weight excluding hydrogens is 292 g/mol. The second-order valence-corrected chi connectivity index (χ2v) is 5.75. The zero-order valence-electron chi connectivity index (χ0n) is 10.7. The zero-order valence-corrected chi connectivity index (χ0v) is 12.3. The van der Waals surface area contributed by atoms with Crippen molar-refractivity contribution in [2.24, 2.45) is 5.92 Å². The van der Waals surface area contributed by atoms with Crippen LogP contribution in [0.1, 0.15) is 48.9 Å². The van der Waals surface area contributed by atoms with Crippen LogP contribution in [0.2, 0.25) is 0 Å². The van der Waals surface area contributed by atoms with E-state index in [1.54, 1.807) is 7.11 Å². The number of ketones is 1. The Morgan fingerprint density at radius 2 is 1.89 bits per heavy atom. The first-order valence-electron chi connectivity index (χ1n) is 6.60. The first-order valence-corrected chi connectivity index (χ1v) is 7.39. The molecule has 1 aromatic rings. The topological polar surface area (TPSA) is 26.3 Å². The summed E-state index contributed by atoms with van der Waals surface area (Å²) in [6.45, 7) is 0. The molecule has 0 radical (unpaired) electrons. The van der Waals surface area contributed by atoms with E-state index in [4.69, 9.17) is 4.74 Å². The Labute approximate surface area is 117 Å². The summed E-state index contributed by atoms with van der Waals surface area (Å²) >= 11 is 3.47. The monoisotopic (exact) mass is 310 g/mol. The first kappa shape index (κ1) is 13.6. The van der Waals surface area contributed by atoms with Crippen LogP contribution >= 0.6 is 15.9 Å². The molecule has 0 amide bonds. The van der Waals surface area contributed by atoms with Gasteiger partial charge in [-0.05, 0) is 47.0 Å². The maximum Gasteiger partial charge on any atom is 0.167 e. The fourth-order valence-corrected chi connectivity index (χ4v) is 3.14. The molecule has 0 N–H and O–H groups in total. The molecule has 0 bridgehead atoms. The van der Waals surface area contributed by atoms with Crippen molar-refractivity contribution in [3.63, 3.8) is 0 Å². The highest BCUT2D eigenvalue weighted by Gasteiger charge is 2.23. The van der Waals surface area contributed by atoms with Gasteiger partial charge in [-0.3, -0.25) is 4.79 Å². The van der Waals surface area contributed by atoms with Gasteiger partial charge in [0.05, 0.1) is 7.11 Å². The van der Waals surface area contributed by atoms with E-state index in [9.17, 15) is 4.79 Å². The predicted molar refractivity (Wildman–Crippen MR) is 76.2 cm³/mol. The van der Waals surface area contributed by atoms with Gasteiger partial charge in [0.15, 0.2) is 5.78 Å². The van der Waals surface area contributed by atoms with Crippen LogP contribution in [0.4, 0.5) is 0 Å². The van der Waals surface area contributed by atoms with Crippen molar-refractivity contribution in [1.82, 2.24) is 0 Å². The van der Waals surface area contributed by atoms with Gasteiger partial charge >= 0.3 is 0 Å². The standard InChI is InChI=1S/C15H19BrO2/c1-18-12-8-9-13(14(16)10-12)15(17)11-6-4-2-3-5-7-11/h8-11H,2-7H2,1H3. The zero-order chi connectivity index (χ0) is 13.0. The molecule has 0 aliphatic heterocycles. The molecule has 1 fully saturated rings. The summed E-state index contributed by atoms with van der Waals surface area (Å²) in [4.78, 5) is 12.5. The molecule has 0 unspecified atom stereocenters. The Balaban J connectivity index is 2.16. The number of hydrogen-bond donors (Lipinski definition) is 0. The lowest BCUT2D eigenvalue weighted by Gasteiger charge is -2.14. The molecule has 1 aliphatic carbocycles. The summed E-state index contributed by atoms with van der Waals surface area (Å²) in [6.07, 6.45) is 6.99. The Morgan fingerprint density at radius 1 is 1.22 bits per heavy atom. The third-order valence-electron chi connectivity index (χ3n) is 3.67. The summed E-state index contributed by atoms with van der Waals surface area (Å²) in [5, 5.41) is 0. The molecule has 1 saturated carbocycles. The Bertz CT molecular complexity index is 421. The Hall–Kier alpha value is -0.830. The molecule has 1 aromatic carbocycles. The van der Waals surface area contributed by atoms with Crippen molar-refractivity contribution in [2.45, 2.75) is 38.5 Å². The Kier molecular flexibility index (Phi) is 4.81. The molecule has 0 heterocycles. The fraction of sp³-hybridized carbons (Fsp3) is 0.533. The van der Waals surface area contributed by atoms with E-state index < -0.39 is 0 Å². The van der Waals surface area contributed by atoms with Gasteiger partial charge in [-0.2, -0.15) is 0 Å². The van der Waals surface area contributed by atoms with E-state index in [1.165, 1.54) is 25.7 Å². The third-order valence-corrected chi connectivity index (χ3v) is 4.32. The van der Waals surface area contributed by atoms with Crippen molar-refractivity contribution >= 4 is 21.7 Å². The largest absolute Gasteiger partial charge is 0.497 e. The normalized spacial score (nSPS) is 17.2. The predicted octanol–water partition coefficient (Wildman–Crippen LogP) is 4.61. The number of carbonyl (C=O) groups is 1. The quantitative estimate of drug-likeness (QED) is 0.602. The van der Waals surface area contributed by atoms with Gasteiger partial charge in [0.2, 0.25) is 0 Å². The van der Waals surface area contributed by atoms with Crippen LogP contribution in [0.3, 0.4) is 0 Å². The van der Waals surface area contributed by atoms with Gasteiger partial charge < -0.3 is 4.74 Å². The first-order chi connectivity index (χ1) is 8.72. The molecule has 0 spiro atoms. The molecule has 1 aliphatic rings. The second-order valence-electron chi connectivity index (χ2n) is 4.90. The molecule has 0 saturated heterocycles. The molecule has 98 valence electrons. The van der Waals surface area contributed by atoms with Crippen LogP contribution in [0.15, 0.2) is 22.7 Å². The van der Waals surface area contributed by atoms with Crippen molar-refractivity contribution in [3.05, 3.63) is 28.2 Å². The average Bonchev–Trinajstić information content (AvgIpc) is 2.66. The van der Waals surface area contributed by atoms with E-state index in [1.807, 2.05) is 18.2 Å². The van der Waals surface area contributed by atoms with E-state index >= 15 is 0 Å². The number of carbonyl (C=O) groups excluding carboxylic acids is 1. The molecule has 2 rings (SSSR count). The van der Waals surface area contributed by atoms with Crippen molar-refractivity contribution < 1.29 is 9.53 Å². The number of ether oxygens (including phenoxy) is 1. The second kappa shape index (κ2) is 6.37. The highest BCUT2D eigenvalue weighted by atomic mass is 79.9. The van der Waals surface area contributed by atoms with E-state index in [0.717, 1.165) is 28.6 Å². The minimum Gasteiger partial charge on any atom is -0.497 e. The maximum atomic E-state index is 12.5. The number of halogens is 1. The highest BCUT2D eigenvalue weighted by Crippen LogP contribution is 2.30. The minimum absolute atomic E-state index is 0.206. The van der Waals surface area contributed by atoms with E-state index in [-0.39, 0.29) is 11.7 Å². The SMILES string of the molecule is COc1ccc(C(=O)C2CCCCCC2)c(Br)c1. The van der Waals surface area contributed by atoms with Crippen LogP contribution in [0.5, 0.6) is 5.75 Å². The van der Waals surface area contributed by atoms with Crippen LogP contribution in [0, 0.1) is 5.92 Å². The summed E-state index contributed by atoms with van der Waals surface area (Å²) in [5.74, 6) is 1.27. The van der Waals surface area contributed by atoms with Gasteiger partial charge in [0.25, 0.3) is 0 Å². The lowest BCUT2D eigenvalue weighted by molar-refractivity contribution is 0.0907. The van der Waals surface area contributed by atoms with Crippen molar-refractivity contribution in [3.8, 4) is 5.75 Å². The number of methoxy groups -OCH3 is 1. The lowest BCUT2D eigenvalue weighted by atomic mass is 9.91. The van der Waals surface area contributed by atoms with Gasteiger partial charge in [0.1, 0.15) is 5.75 Å². The van der Waals surface area contributed by atoms with E-state index in [0.29, 0.717) is 0 Å². The summed E-state index contributed by atoms with van der Waals surface area (Å²) < 4.78 is 6.00. The van der Waals surface area contributed by atoms with E-state index in [2.05, 4.69) is 15.9 Å². The molecule has 3 heteroatoms. The summed E-state index contributed by atoms with van der Waals surface area (Å²) in [6, 6.07) is 5.59. The molecule has 18 heavy (non-hydrogen) atoms. The van der Waals surface area contributed by atoms with Crippen molar-refractivity contribution in [1.29, 1.82) is 0 Å². The number of benzene rings is 1. The average molecular weight is 311 g/mol. The molecule has 0 aromatic heterocycles. The van der Waals surface area contributed by atoms with Gasteiger partial charge in [0, 0.05) is 16.0 Å². The maximum absolute atomic E-state index is 12.5. The molecular formula is C15H19BrO2. The highest BCUT2D eigenvalue weighted by molar-refractivity contribution is 9.10. The minimum atomic E-state index is 0.206. The fourth-order valence-electron chi connectivity index (χ4n) is 2.58. The third kappa shape index (κ3) is 3.14. The van der Waals surface area contributed by atoms with Crippen LogP contribution in [0.25, 0.3) is 0 Å². The van der Waals surface area contributed by atoms with Crippen molar-refractivity contribution in [2.75, 3.05) is 7.11 Å². The number of rotatable bonds is 3. The van der Waals surface area contributed by atoms with Crippen LogP contribution < -0.4 is 4.74 Å². The summed E-state index contributed by atoms with van der Waals surface area (Å²) in [5.41, 5.74) is 0.794. The number of hydrogen-bond acceptors (Lipinski definition) is 2. The Morgan fingerprint density at radius 3 is 2.44 bits per heavy atom. The van der Waals surface area contributed by atoms with Gasteiger partial charge in [-0.15, -0.1) is 0 Å². The van der Waals surface area contributed by atoms with Crippen LogP contribution in [-0.2, 0) is 0 Å². The molecule has 0 atom stereocenters.